The van der Waals surface area contributed by atoms with E-state index >= 15 is 0 Å². The van der Waals surface area contributed by atoms with Crippen LogP contribution in [0.1, 0.15) is 55.7 Å². The third-order valence-corrected chi connectivity index (χ3v) is 4.94. The van der Waals surface area contributed by atoms with Gasteiger partial charge in [-0.3, -0.25) is 19.3 Å². The molecule has 0 atom stereocenters. The number of rotatable bonds is 3. The molecule has 1 aliphatic carbocycles. The molecule has 1 aliphatic heterocycles. The highest BCUT2D eigenvalue weighted by Gasteiger charge is 2.33. The zero-order valence-corrected chi connectivity index (χ0v) is 14.5. The molecule has 134 valence electrons. The molecule has 5 rings (SSSR count). The first kappa shape index (κ1) is 15.7. The Hall–Kier alpha value is -3.48. The van der Waals surface area contributed by atoms with Gasteiger partial charge in [-0.1, -0.05) is 0 Å². The summed E-state index contributed by atoms with van der Waals surface area (Å²) in [5.74, 6) is 0.0451. The summed E-state index contributed by atoms with van der Waals surface area (Å²) in [5, 5.41) is 2.80. The molecule has 0 spiro atoms. The first-order valence-electron chi connectivity index (χ1n) is 8.69. The summed E-state index contributed by atoms with van der Waals surface area (Å²) in [4.78, 5) is 42.2. The number of nitrogens with one attached hydrogen (secondary N) is 1. The lowest BCUT2D eigenvalue weighted by Gasteiger charge is -2.06. The van der Waals surface area contributed by atoms with Crippen LogP contribution in [0.5, 0.6) is 0 Å². The van der Waals surface area contributed by atoms with Crippen molar-refractivity contribution < 1.29 is 18.8 Å². The molecular weight excluding hydrogens is 346 g/mol. The van der Waals surface area contributed by atoms with Crippen LogP contribution >= 0.6 is 0 Å². The lowest BCUT2D eigenvalue weighted by Crippen LogP contribution is -2.24. The summed E-state index contributed by atoms with van der Waals surface area (Å²) >= 11 is 0. The van der Waals surface area contributed by atoms with Gasteiger partial charge in [0.1, 0.15) is 5.52 Å². The third kappa shape index (κ3) is 2.51. The average Bonchev–Trinajstić information content (AvgIpc) is 3.40. The molecular formula is C20H15N3O4. The molecule has 2 aromatic carbocycles. The average molecular weight is 361 g/mol. The van der Waals surface area contributed by atoms with Gasteiger partial charge in [0.05, 0.1) is 11.1 Å². The molecule has 0 saturated heterocycles. The highest BCUT2D eigenvalue weighted by Crippen LogP contribution is 2.40. The molecule has 3 aromatic rings. The van der Waals surface area contributed by atoms with E-state index < -0.39 is 5.91 Å². The fraction of sp³-hybridized carbons (Fsp3) is 0.200. The predicted molar refractivity (Wildman–Crippen MR) is 96.8 cm³/mol. The SMILES string of the molecule is CN1C(=O)c2ccc(C(=O)Nc3ccc4oc(C5CC5)nc4c3)cc2C1=O. The molecule has 1 aromatic heterocycles. The van der Waals surface area contributed by atoms with Gasteiger partial charge in [0.15, 0.2) is 11.5 Å². The van der Waals surface area contributed by atoms with Crippen LogP contribution < -0.4 is 5.32 Å². The second-order valence-corrected chi connectivity index (χ2v) is 6.89. The van der Waals surface area contributed by atoms with E-state index in [2.05, 4.69) is 10.3 Å². The maximum atomic E-state index is 12.6. The van der Waals surface area contributed by atoms with Crippen molar-refractivity contribution in [3.05, 3.63) is 59.0 Å². The number of imide groups is 1. The number of amides is 3. The molecule has 0 unspecified atom stereocenters. The van der Waals surface area contributed by atoms with Crippen LogP contribution in [-0.4, -0.2) is 34.7 Å². The minimum Gasteiger partial charge on any atom is -0.440 e. The van der Waals surface area contributed by atoms with Gasteiger partial charge in [-0.15, -0.1) is 0 Å². The van der Waals surface area contributed by atoms with Crippen molar-refractivity contribution in [1.82, 2.24) is 9.88 Å². The number of carbonyl (C=O) groups excluding carboxylic acids is 3. The molecule has 0 bridgehead atoms. The predicted octanol–water partition coefficient (Wildman–Crippen LogP) is 3.18. The molecule has 0 radical (unpaired) electrons. The van der Waals surface area contributed by atoms with Gasteiger partial charge in [0.2, 0.25) is 0 Å². The lowest BCUT2D eigenvalue weighted by molar-refractivity contribution is 0.0693. The number of hydrogen-bond acceptors (Lipinski definition) is 5. The van der Waals surface area contributed by atoms with Crippen LogP contribution in [0.25, 0.3) is 11.1 Å². The fourth-order valence-corrected chi connectivity index (χ4v) is 3.23. The Morgan fingerprint density at radius 3 is 2.67 bits per heavy atom. The zero-order chi connectivity index (χ0) is 18.7. The van der Waals surface area contributed by atoms with Gasteiger partial charge in [-0.2, -0.15) is 0 Å². The number of hydrogen-bond donors (Lipinski definition) is 1. The van der Waals surface area contributed by atoms with Gasteiger partial charge in [0, 0.05) is 24.2 Å². The summed E-state index contributed by atoms with van der Waals surface area (Å²) in [7, 11) is 1.42. The normalized spacial score (nSPS) is 16.1. The van der Waals surface area contributed by atoms with Crippen LogP contribution in [-0.2, 0) is 0 Å². The number of aromatic nitrogens is 1. The number of anilines is 1. The molecule has 7 nitrogen and oxygen atoms in total. The highest BCUT2D eigenvalue weighted by atomic mass is 16.3. The Kier molecular flexibility index (Phi) is 3.21. The van der Waals surface area contributed by atoms with Crippen molar-refractivity contribution in [2.24, 2.45) is 0 Å². The van der Waals surface area contributed by atoms with E-state index in [4.69, 9.17) is 4.42 Å². The van der Waals surface area contributed by atoms with Crippen molar-refractivity contribution >= 4 is 34.5 Å². The maximum absolute atomic E-state index is 12.6. The number of nitrogens with zero attached hydrogens (tertiary/aromatic N) is 2. The Morgan fingerprint density at radius 1 is 1.11 bits per heavy atom. The number of fused-ring (bicyclic) bond motifs is 2. The van der Waals surface area contributed by atoms with Crippen molar-refractivity contribution in [2.75, 3.05) is 12.4 Å². The minimum atomic E-state index is -0.402. The summed E-state index contributed by atoms with van der Waals surface area (Å²) in [6.45, 7) is 0. The molecule has 2 aliphatic rings. The third-order valence-electron chi connectivity index (χ3n) is 4.94. The minimum absolute atomic E-state index is 0.246. The number of benzene rings is 2. The molecule has 1 fully saturated rings. The van der Waals surface area contributed by atoms with Gasteiger partial charge < -0.3 is 9.73 Å². The second kappa shape index (κ2) is 5.51. The van der Waals surface area contributed by atoms with Crippen molar-refractivity contribution in [2.45, 2.75) is 18.8 Å². The van der Waals surface area contributed by atoms with E-state index in [0.29, 0.717) is 33.8 Å². The first-order valence-corrected chi connectivity index (χ1v) is 8.69. The Bertz CT molecular complexity index is 1140. The van der Waals surface area contributed by atoms with Crippen molar-refractivity contribution in [3.63, 3.8) is 0 Å². The topological polar surface area (TPSA) is 92.5 Å². The van der Waals surface area contributed by atoms with E-state index in [1.165, 1.54) is 19.2 Å². The van der Waals surface area contributed by atoms with E-state index in [-0.39, 0.29) is 17.4 Å². The van der Waals surface area contributed by atoms with Gasteiger partial charge in [-0.25, -0.2) is 4.98 Å². The summed E-state index contributed by atoms with van der Waals surface area (Å²) in [6, 6.07) is 9.79. The van der Waals surface area contributed by atoms with Gasteiger partial charge in [0.25, 0.3) is 17.7 Å². The first-order chi connectivity index (χ1) is 13.0. The van der Waals surface area contributed by atoms with Gasteiger partial charge in [-0.05, 0) is 49.2 Å². The van der Waals surface area contributed by atoms with Gasteiger partial charge >= 0.3 is 0 Å². The quantitative estimate of drug-likeness (QED) is 0.723. The Morgan fingerprint density at radius 2 is 1.89 bits per heavy atom. The molecule has 27 heavy (non-hydrogen) atoms. The molecule has 7 heteroatoms. The van der Waals surface area contributed by atoms with Crippen molar-refractivity contribution in [3.8, 4) is 0 Å². The molecule has 3 amide bonds. The van der Waals surface area contributed by atoms with Crippen molar-refractivity contribution in [1.29, 1.82) is 0 Å². The van der Waals surface area contributed by atoms with E-state index in [1.54, 1.807) is 24.3 Å². The smallest absolute Gasteiger partial charge is 0.261 e. The maximum Gasteiger partial charge on any atom is 0.261 e. The largest absolute Gasteiger partial charge is 0.440 e. The zero-order valence-electron chi connectivity index (χ0n) is 14.5. The monoisotopic (exact) mass is 361 g/mol. The van der Waals surface area contributed by atoms with Crippen LogP contribution in [0, 0.1) is 0 Å². The van der Waals surface area contributed by atoms with Crippen LogP contribution in [0.2, 0.25) is 0 Å². The fourth-order valence-electron chi connectivity index (χ4n) is 3.23. The summed E-state index contributed by atoms with van der Waals surface area (Å²) in [5.41, 5.74) is 2.85. The molecule has 1 saturated carbocycles. The Balaban J connectivity index is 1.41. The Labute approximate surface area is 154 Å². The van der Waals surface area contributed by atoms with E-state index in [0.717, 1.165) is 23.6 Å². The van der Waals surface area contributed by atoms with Crippen LogP contribution in [0.4, 0.5) is 5.69 Å². The summed E-state index contributed by atoms with van der Waals surface area (Å²) < 4.78 is 5.72. The number of oxazole rings is 1. The second-order valence-electron chi connectivity index (χ2n) is 6.89. The summed E-state index contributed by atoms with van der Waals surface area (Å²) in [6.07, 6.45) is 2.20. The standard InChI is InChI=1S/C20H15N3O4/c1-23-19(25)13-6-4-11(8-14(13)20(23)26)17(24)21-12-5-7-16-15(9-12)22-18(27-16)10-2-3-10/h4-10H,2-3H2,1H3,(H,21,24). The van der Waals surface area contributed by atoms with E-state index in [9.17, 15) is 14.4 Å². The van der Waals surface area contributed by atoms with E-state index in [1.807, 2.05) is 0 Å². The van der Waals surface area contributed by atoms with Crippen LogP contribution in [0.15, 0.2) is 40.8 Å². The molecule has 2 heterocycles. The highest BCUT2D eigenvalue weighted by molar-refractivity contribution is 6.22. The molecule has 1 N–H and O–H groups in total. The number of carbonyl (C=O) groups is 3. The lowest BCUT2D eigenvalue weighted by atomic mass is 10.1. The van der Waals surface area contributed by atoms with Crippen LogP contribution in [0.3, 0.4) is 0 Å².